The lowest BCUT2D eigenvalue weighted by atomic mass is 10.1. The highest BCUT2D eigenvalue weighted by Gasteiger charge is 2.01. The summed E-state index contributed by atoms with van der Waals surface area (Å²) in [4.78, 5) is 2.09. The Hall–Kier alpha value is -1.02. The van der Waals surface area contributed by atoms with Gasteiger partial charge in [-0.3, -0.25) is 0 Å². The molecule has 0 heterocycles. The van der Waals surface area contributed by atoms with E-state index >= 15 is 0 Å². The van der Waals surface area contributed by atoms with Crippen molar-refractivity contribution >= 4 is 0 Å². The molecule has 2 N–H and O–H groups in total. The van der Waals surface area contributed by atoms with Gasteiger partial charge in [0.25, 0.3) is 0 Å². The number of allylic oxidation sites excluding steroid dienone is 1. The number of nitrogens with two attached hydrogens (primary N) is 1. The molecule has 68 valence electrons. The molecule has 0 aromatic rings. The molecule has 0 aliphatic rings. The van der Waals surface area contributed by atoms with Crippen molar-refractivity contribution in [2.24, 2.45) is 5.73 Å². The van der Waals surface area contributed by atoms with Crippen molar-refractivity contribution < 1.29 is 0 Å². The lowest BCUT2D eigenvalue weighted by molar-refractivity contribution is 0.363. The Morgan fingerprint density at radius 2 is 2.00 bits per heavy atom. The average Bonchev–Trinajstić information content (AvgIpc) is 1.98. The standard InChI is InChI=1S/C10H18N2/c1-6-10(9(3)11)7-8(2)12(4)5/h6-8H,1,3,11H2,2,4-5H3/b10-7+/t8-/m0/s1. The number of likely N-dealkylation sites (N-methyl/N-ethyl adjacent to an activating group) is 1. The SMILES string of the molecule is C=C/C(=C\[C@H](C)N(C)C)C(=C)N. The number of hydrogen-bond donors (Lipinski definition) is 1. The molecule has 2 nitrogen and oxygen atoms in total. The smallest absolute Gasteiger partial charge is 0.0311 e. The average molecular weight is 166 g/mol. The zero-order chi connectivity index (χ0) is 9.72. The van der Waals surface area contributed by atoms with E-state index in [1.54, 1.807) is 6.08 Å². The molecule has 1 atom stereocenters. The van der Waals surface area contributed by atoms with E-state index in [4.69, 9.17) is 5.73 Å². The lowest BCUT2D eigenvalue weighted by Gasteiger charge is -2.16. The molecule has 0 rings (SSSR count). The van der Waals surface area contributed by atoms with Crippen LogP contribution < -0.4 is 5.73 Å². The Kier molecular flexibility index (Phi) is 4.37. The molecular formula is C10H18N2. The lowest BCUT2D eigenvalue weighted by Crippen LogP contribution is -2.23. The molecule has 12 heavy (non-hydrogen) atoms. The predicted octanol–water partition coefficient (Wildman–Crippen LogP) is 1.52. The zero-order valence-electron chi connectivity index (χ0n) is 8.17. The first kappa shape index (κ1) is 11.0. The van der Waals surface area contributed by atoms with Crippen molar-refractivity contribution in [3.8, 4) is 0 Å². The molecule has 0 radical (unpaired) electrons. The molecule has 0 bridgehead atoms. The summed E-state index contributed by atoms with van der Waals surface area (Å²) in [5, 5.41) is 0. The third kappa shape index (κ3) is 3.39. The fourth-order valence-electron chi connectivity index (χ4n) is 0.715. The van der Waals surface area contributed by atoms with Crippen molar-refractivity contribution in [1.82, 2.24) is 4.90 Å². The highest BCUT2D eigenvalue weighted by Crippen LogP contribution is 2.06. The van der Waals surface area contributed by atoms with E-state index in [-0.39, 0.29) is 0 Å². The fourth-order valence-corrected chi connectivity index (χ4v) is 0.715. The first-order chi connectivity index (χ1) is 5.49. The summed E-state index contributed by atoms with van der Waals surface area (Å²) in [6.07, 6.45) is 3.76. The molecular weight excluding hydrogens is 148 g/mol. The van der Waals surface area contributed by atoms with Gasteiger partial charge in [0.2, 0.25) is 0 Å². The van der Waals surface area contributed by atoms with Gasteiger partial charge in [0, 0.05) is 11.7 Å². The Bertz CT molecular complexity index is 202. The molecule has 0 aromatic heterocycles. The van der Waals surface area contributed by atoms with Crippen molar-refractivity contribution in [2.75, 3.05) is 14.1 Å². The minimum absolute atomic E-state index is 0.346. The number of rotatable bonds is 4. The van der Waals surface area contributed by atoms with E-state index in [9.17, 15) is 0 Å². The quantitative estimate of drug-likeness (QED) is 0.642. The van der Waals surface area contributed by atoms with E-state index in [0.29, 0.717) is 11.7 Å². The molecule has 0 unspecified atom stereocenters. The van der Waals surface area contributed by atoms with E-state index in [2.05, 4.69) is 25.0 Å². The molecule has 0 aliphatic carbocycles. The second-order valence-corrected chi connectivity index (χ2v) is 3.06. The third-order valence-corrected chi connectivity index (χ3v) is 1.83. The van der Waals surface area contributed by atoms with Crippen molar-refractivity contribution in [3.05, 3.63) is 36.6 Å². The topological polar surface area (TPSA) is 29.3 Å². The van der Waals surface area contributed by atoms with Crippen LogP contribution in [0.3, 0.4) is 0 Å². The maximum absolute atomic E-state index is 5.54. The first-order valence-corrected chi connectivity index (χ1v) is 3.94. The van der Waals surface area contributed by atoms with Crippen molar-refractivity contribution in [2.45, 2.75) is 13.0 Å². The van der Waals surface area contributed by atoms with Crippen LogP contribution in [0.25, 0.3) is 0 Å². The summed E-state index contributed by atoms with van der Waals surface area (Å²) in [7, 11) is 4.03. The number of hydrogen-bond acceptors (Lipinski definition) is 2. The van der Waals surface area contributed by atoms with Crippen LogP contribution in [0, 0.1) is 0 Å². The van der Waals surface area contributed by atoms with Crippen LogP contribution in [0.4, 0.5) is 0 Å². The summed E-state index contributed by atoms with van der Waals surface area (Å²) >= 11 is 0. The van der Waals surface area contributed by atoms with Gasteiger partial charge in [-0.2, -0.15) is 0 Å². The molecule has 0 spiro atoms. The minimum Gasteiger partial charge on any atom is -0.399 e. The largest absolute Gasteiger partial charge is 0.399 e. The maximum atomic E-state index is 5.54. The van der Waals surface area contributed by atoms with Gasteiger partial charge in [-0.15, -0.1) is 0 Å². The van der Waals surface area contributed by atoms with E-state index < -0.39 is 0 Å². The van der Waals surface area contributed by atoms with Crippen LogP contribution in [0.2, 0.25) is 0 Å². The summed E-state index contributed by atoms with van der Waals surface area (Å²) in [5.74, 6) is 0. The van der Waals surface area contributed by atoms with Gasteiger partial charge in [-0.25, -0.2) is 0 Å². The van der Waals surface area contributed by atoms with E-state index in [0.717, 1.165) is 5.57 Å². The molecule has 0 saturated heterocycles. The highest BCUT2D eigenvalue weighted by atomic mass is 15.1. The minimum atomic E-state index is 0.346. The monoisotopic (exact) mass is 166 g/mol. The van der Waals surface area contributed by atoms with Crippen LogP contribution in [-0.4, -0.2) is 25.0 Å². The molecule has 0 fully saturated rings. The summed E-state index contributed by atoms with van der Waals surface area (Å²) in [5.41, 5.74) is 7.02. The van der Waals surface area contributed by atoms with Crippen LogP contribution in [0.15, 0.2) is 36.6 Å². The van der Waals surface area contributed by atoms with Crippen LogP contribution >= 0.6 is 0 Å². The Balaban J connectivity index is 4.48. The Morgan fingerprint density at radius 3 is 2.25 bits per heavy atom. The van der Waals surface area contributed by atoms with Crippen LogP contribution in [-0.2, 0) is 0 Å². The Morgan fingerprint density at radius 1 is 1.50 bits per heavy atom. The normalized spacial score (nSPS) is 14.5. The van der Waals surface area contributed by atoms with Gasteiger partial charge in [0.1, 0.15) is 0 Å². The van der Waals surface area contributed by atoms with Crippen LogP contribution in [0.5, 0.6) is 0 Å². The highest BCUT2D eigenvalue weighted by molar-refractivity contribution is 5.35. The molecule has 0 amide bonds. The van der Waals surface area contributed by atoms with Gasteiger partial charge >= 0.3 is 0 Å². The van der Waals surface area contributed by atoms with Gasteiger partial charge in [0.15, 0.2) is 0 Å². The predicted molar refractivity (Wildman–Crippen MR) is 54.8 cm³/mol. The van der Waals surface area contributed by atoms with Gasteiger partial charge in [0.05, 0.1) is 0 Å². The zero-order valence-corrected chi connectivity index (χ0v) is 8.17. The van der Waals surface area contributed by atoms with Gasteiger partial charge < -0.3 is 10.6 Å². The van der Waals surface area contributed by atoms with Gasteiger partial charge in [-0.1, -0.05) is 25.3 Å². The van der Waals surface area contributed by atoms with Gasteiger partial charge in [-0.05, 0) is 26.6 Å². The van der Waals surface area contributed by atoms with Crippen molar-refractivity contribution in [1.29, 1.82) is 0 Å². The molecule has 0 aliphatic heterocycles. The maximum Gasteiger partial charge on any atom is 0.0311 e. The van der Waals surface area contributed by atoms with E-state index in [1.165, 1.54) is 0 Å². The summed E-state index contributed by atoms with van der Waals surface area (Å²) in [6, 6.07) is 0.346. The molecule has 0 saturated carbocycles. The third-order valence-electron chi connectivity index (χ3n) is 1.83. The first-order valence-electron chi connectivity index (χ1n) is 3.94. The van der Waals surface area contributed by atoms with Crippen LogP contribution in [0.1, 0.15) is 6.92 Å². The second kappa shape index (κ2) is 4.78. The molecule has 0 aromatic carbocycles. The Labute approximate surface area is 75.1 Å². The molecule has 2 heteroatoms. The van der Waals surface area contributed by atoms with Crippen molar-refractivity contribution in [3.63, 3.8) is 0 Å². The second-order valence-electron chi connectivity index (χ2n) is 3.06. The van der Waals surface area contributed by atoms with E-state index in [1.807, 2.05) is 20.2 Å². The number of nitrogens with zero attached hydrogens (tertiary/aromatic N) is 1. The fraction of sp³-hybridized carbons (Fsp3) is 0.400. The summed E-state index contributed by atoms with van der Waals surface area (Å²) in [6.45, 7) is 9.42. The summed E-state index contributed by atoms with van der Waals surface area (Å²) < 4.78 is 0.